The Hall–Kier alpha value is -4.27. The molecule has 1 N–H and O–H groups in total. The Morgan fingerprint density at radius 2 is 1.97 bits per heavy atom. The zero-order valence-electron chi connectivity index (χ0n) is 17.4. The number of ether oxygens (including phenoxy) is 3. The number of hydrogen-bond acceptors (Lipinski definition) is 7. The maximum absolute atomic E-state index is 14.0. The SMILES string of the molecule is COc1ccc(F)cc1/C(O)=C1/C(=O)C(=O)N(Cc2ccc3c(c2)OCO3)C1c1ccco1. The first-order valence-corrected chi connectivity index (χ1v) is 10.0. The fourth-order valence-electron chi connectivity index (χ4n) is 4.03. The van der Waals surface area contributed by atoms with E-state index >= 15 is 0 Å². The molecule has 2 aliphatic heterocycles. The van der Waals surface area contributed by atoms with Crippen molar-refractivity contribution >= 4 is 17.4 Å². The molecule has 1 saturated heterocycles. The van der Waals surface area contributed by atoms with Crippen molar-refractivity contribution in [2.45, 2.75) is 12.6 Å². The molecule has 5 rings (SSSR count). The molecule has 1 atom stereocenters. The molecule has 0 aliphatic carbocycles. The van der Waals surface area contributed by atoms with Crippen molar-refractivity contribution in [3.63, 3.8) is 0 Å². The van der Waals surface area contributed by atoms with Crippen LogP contribution in [-0.2, 0) is 16.1 Å². The van der Waals surface area contributed by atoms with Crippen LogP contribution in [0.2, 0.25) is 0 Å². The van der Waals surface area contributed by atoms with Crippen molar-refractivity contribution < 1.29 is 37.7 Å². The van der Waals surface area contributed by atoms with Crippen LogP contribution >= 0.6 is 0 Å². The number of fused-ring (bicyclic) bond motifs is 1. The number of benzene rings is 2. The van der Waals surface area contributed by atoms with E-state index in [9.17, 15) is 19.1 Å². The van der Waals surface area contributed by atoms with Crippen molar-refractivity contribution in [1.29, 1.82) is 0 Å². The lowest BCUT2D eigenvalue weighted by atomic mass is 9.98. The quantitative estimate of drug-likeness (QED) is 0.358. The summed E-state index contributed by atoms with van der Waals surface area (Å²) in [4.78, 5) is 27.4. The van der Waals surface area contributed by atoms with Gasteiger partial charge >= 0.3 is 0 Å². The number of furan rings is 1. The summed E-state index contributed by atoms with van der Waals surface area (Å²) in [6, 6.07) is 10.9. The predicted octanol–water partition coefficient (Wildman–Crippen LogP) is 3.78. The van der Waals surface area contributed by atoms with Crippen LogP contribution in [-0.4, -0.2) is 35.6 Å². The summed E-state index contributed by atoms with van der Waals surface area (Å²) >= 11 is 0. The molecule has 168 valence electrons. The molecule has 3 heterocycles. The molecule has 3 aromatic rings. The van der Waals surface area contributed by atoms with Gasteiger partial charge < -0.3 is 28.6 Å². The molecule has 2 aromatic carbocycles. The highest BCUT2D eigenvalue weighted by Gasteiger charge is 2.47. The zero-order chi connectivity index (χ0) is 23.1. The first kappa shape index (κ1) is 20.6. The number of halogens is 1. The van der Waals surface area contributed by atoms with E-state index in [1.807, 2.05) is 0 Å². The van der Waals surface area contributed by atoms with Crippen molar-refractivity contribution in [1.82, 2.24) is 4.90 Å². The highest BCUT2D eigenvalue weighted by atomic mass is 19.1. The molecule has 1 fully saturated rings. The number of likely N-dealkylation sites (tertiary alicyclic amines) is 1. The summed E-state index contributed by atoms with van der Waals surface area (Å²) in [6.45, 7) is 0.134. The Morgan fingerprint density at radius 1 is 1.15 bits per heavy atom. The lowest BCUT2D eigenvalue weighted by Gasteiger charge is -2.23. The number of aliphatic hydroxyl groups excluding tert-OH is 1. The lowest BCUT2D eigenvalue weighted by molar-refractivity contribution is -0.140. The largest absolute Gasteiger partial charge is 0.507 e. The van der Waals surface area contributed by atoms with Gasteiger partial charge in [0, 0.05) is 6.54 Å². The van der Waals surface area contributed by atoms with E-state index in [1.54, 1.807) is 30.3 Å². The van der Waals surface area contributed by atoms with Crippen molar-refractivity contribution in [2.24, 2.45) is 0 Å². The van der Waals surface area contributed by atoms with E-state index in [4.69, 9.17) is 18.6 Å². The smallest absolute Gasteiger partial charge is 0.296 e. The van der Waals surface area contributed by atoms with E-state index in [1.165, 1.54) is 24.3 Å². The van der Waals surface area contributed by atoms with E-state index in [0.29, 0.717) is 17.1 Å². The van der Waals surface area contributed by atoms with Gasteiger partial charge in [0.15, 0.2) is 11.5 Å². The molecule has 0 radical (unpaired) electrons. The van der Waals surface area contributed by atoms with Crippen LogP contribution in [0.3, 0.4) is 0 Å². The number of hydrogen-bond donors (Lipinski definition) is 1. The second-order valence-electron chi connectivity index (χ2n) is 7.47. The van der Waals surface area contributed by atoms with Crippen LogP contribution in [0.15, 0.2) is 64.8 Å². The summed E-state index contributed by atoms with van der Waals surface area (Å²) in [5, 5.41) is 11.1. The summed E-state index contributed by atoms with van der Waals surface area (Å²) in [6.07, 6.45) is 1.40. The molecular formula is C24H18FNO7. The molecule has 0 saturated carbocycles. The van der Waals surface area contributed by atoms with Gasteiger partial charge in [0.25, 0.3) is 11.7 Å². The number of methoxy groups -OCH3 is 1. The van der Waals surface area contributed by atoms with Gasteiger partial charge in [-0.3, -0.25) is 9.59 Å². The monoisotopic (exact) mass is 451 g/mol. The summed E-state index contributed by atoms with van der Waals surface area (Å²) in [5.74, 6) is -1.40. The van der Waals surface area contributed by atoms with E-state index in [2.05, 4.69) is 0 Å². The zero-order valence-corrected chi connectivity index (χ0v) is 17.4. The number of Topliss-reactive ketones (excluding diaryl/α,β-unsaturated/α-hetero) is 1. The van der Waals surface area contributed by atoms with Crippen LogP contribution in [0.1, 0.15) is 22.9 Å². The molecule has 2 aliphatic rings. The summed E-state index contributed by atoms with van der Waals surface area (Å²) in [5.41, 5.74) is 0.413. The Labute approximate surface area is 187 Å². The van der Waals surface area contributed by atoms with Crippen molar-refractivity contribution in [3.8, 4) is 17.2 Å². The second-order valence-corrected chi connectivity index (χ2v) is 7.47. The van der Waals surface area contributed by atoms with E-state index < -0.39 is 29.3 Å². The standard InChI is InChI=1S/C24H18FNO7/c1-30-16-7-5-14(25)10-15(16)22(27)20-21(18-3-2-8-31-18)26(24(29)23(20)28)11-13-4-6-17-19(9-13)33-12-32-17/h2-10,21,27H,11-12H2,1H3/b22-20-. The summed E-state index contributed by atoms with van der Waals surface area (Å²) < 4.78 is 35.4. The Kier molecular flexibility index (Phi) is 5.01. The maximum atomic E-state index is 14.0. The van der Waals surface area contributed by atoms with Crippen molar-refractivity contribution in [2.75, 3.05) is 13.9 Å². The number of ketones is 1. The van der Waals surface area contributed by atoms with E-state index in [0.717, 1.165) is 12.1 Å². The second kappa shape index (κ2) is 8.01. The van der Waals surface area contributed by atoms with Crippen LogP contribution in [0.4, 0.5) is 4.39 Å². The minimum absolute atomic E-state index is 0.0314. The third-order valence-corrected chi connectivity index (χ3v) is 5.56. The van der Waals surface area contributed by atoms with Gasteiger partial charge in [0.1, 0.15) is 29.1 Å². The van der Waals surface area contributed by atoms with Crippen LogP contribution in [0.5, 0.6) is 17.2 Å². The van der Waals surface area contributed by atoms with Crippen molar-refractivity contribution in [3.05, 3.63) is 83.1 Å². The number of aliphatic hydroxyl groups is 1. The molecule has 0 bridgehead atoms. The average Bonchev–Trinajstić information content (AvgIpc) is 3.55. The molecule has 0 spiro atoms. The average molecular weight is 451 g/mol. The predicted molar refractivity (Wildman–Crippen MR) is 112 cm³/mol. The first-order chi connectivity index (χ1) is 16.0. The number of carbonyl (C=O) groups excluding carboxylic acids is 2. The van der Waals surface area contributed by atoms with E-state index in [-0.39, 0.29) is 36.0 Å². The fraction of sp³-hybridized carbons (Fsp3) is 0.167. The van der Waals surface area contributed by atoms with Gasteiger partial charge in [-0.1, -0.05) is 6.07 Å². The van der Waals surface area contributed by atoms with Gasteiger partial charge in [-0.15, -0.1) is 0 Å². The third-order valence-electron chi connectivity index (χ3n) is 5.56. The normalized spacial score (nSPS) is 18.7. The highest BCUT2D eigenvalue weighted by molar-refractivity contribution is 6.46. The Bertz CT molecular complexity index is 1280. The van der Waals surface area contributed by atoms with Crippen LogP contribution in [0, 0.1) is 5.82 Å². The number of rotatable bonds is 5. The maximum Gasteiger partial charge on any atom is 0.296 e. The topological polar surface area (TPSA) is 98.4 Å². The fourth-order valence-corrected chi connectivity index (χ4v) is 4.03. The number of carbonyl (C=O) groups is 2. The van der Waals surface area contributed by atoms with Crippen LogP contribution in [0.25, 0.3) is 5.76 Å². The lowest BCUT2D eigenvalue weighted by Crippen LogP contribution is -2.29. The highest BCUT2D eigenvalue weighted by Crippen LogP contribution is 2.42. The van der Waals surface area contributed by atoms with Crippen LogP contribution < -0.4 is 14.2 Å². The third kappa shape index (κ3) is 3.47. The molecule has 8 nitrogen and oxygen atoms in total. The first-order valence-electron chi connectivity index (χ1n) is 10.0. The molecular weight excluding hydrogens is 433 g/mol. The number of amides is 1. The Morgan fingerprint density at radius 3 is 2.73 bits per heavy atom. The molecule has 1 unspecified atom stereocenters. The Balaban J connectivity index is 1.62. The molecule has 1 aromatic heterocycles. The van der Waals surface area contributed by atoms with Gasteiger partial charge in [-0.05, 0) is 48.0 Å². The minimum Gasteiger partial charge on any atom is -0.507 e. The number of nitrogens with zero attached hydrogens (tertiary/aromatic N) is 1. The molecule has 33 heavy (non-hydrogen) atoms. The molecule has 9 heteroatoms. The molecule has 1 amide bonds. The van der Waals surface area contributed by atoms with Gasteiger partial charge in [0.2, 0.25) is 6.79 Å². The van der Waals surface area contributed by atoms with Gasteiger partial charge in [-0.2, -0.15) is 0 Å². The summed E-state index contributed by atoms with van der Waals surface area (Å²) in [7, 11) is 1.35. The van der Waals surface area contributed by atoms with Gasteiger partial charge in [0.05, 0.1) is 24.5 Å². The van der Waals surface area contributed by atoms with Gasteiger partial charge in [-0.25, -0.2) is 4.39 Å². The minimum atomic E-state index is -1.03.